The number of rotatable bonds is 4. The number of hydrogen-bond donors (Lipinski definition) is 2. The maximum absolute atomic E-state index is 12.4. The van der Waals surface area contributed by atoms with Gasteiger partial charge in [-0.1, -0.05) is 12.8 Å². The SMILES string of the molecule is COC(=O)c1sc(N)c(C(=O)NC(C)C)c1C1CCCC1. The fourth-order valence-electron chi connectivity index (χ4n) is 2.88. The van der Waals surface area contributed by atoms with E-state index in [1.54, 1.807) is 0 Å². The van der Waals surface area contributed by atoms with E-state index in [-0.39, 0.29) is 17.9 Å². The molecule has 5 nitrogen and oxygen atoms in total. The second-order valence-corrected chi connectivity index (χ2v) is 6.74. The first kappa shape index (κ1) is 15.8. The van der Waals surface area contributed by atoms with E-state index in [2.05, 4.69) is 5.32 Å². The lowest BCUT2D eigenvalue weighted by Gasteiger charge is -2.15. The van der Waals surface area contributed by atoms with Crippen LogP contribution in [-0.2, 0) is 4.74 Å². The van der Waals surface area contributed by atoms with Crippen LogP contribution in [0.1, 0.15) is 71.0 Å². The van der Waals surface area contributed by atoms with Gasteiger partial charge in [0.15, 0.2) is 0 Å². The van der Waals surface area contributed by atoms with E-state index in [9.17, 15) is 9.59 Å². The summed E-state index contributed by atoms with van der Waals surface area (Å²) in [4.78, 5) is 24.9. The van der Waals surface area contributed by atoms with Crippen molar-refractivity contribution in [2.45, 2.75) is 51.5 Å². The van der Waals surface area contributed by atoms with Crippen LogP contribution in [0.3, 0.4) is 0 Å². The molecule has 0 radical (unpaired) electrons. The molecule has 0 atom stereocenters. The zero-order valence-electron chi connectivity index (χ0n) is 12.7. The lowest BCUT2D eigenvalue weighted by molar-refractivity contribution is 0.0604. The van der Waals surface area contributed by atoms with Crippen molar-refractivity contribution in [1.82, 2.24) is 5.32 Å². The van der Waals surface area contributed by atoms with Crippen molar-refractivity contribution < 1.29 is 14.3 Å². The number of nitrogens with one attached hydrogen (secondary N) is 1. The Bertz CT molecular complexity index is 545. The van der Waals surface area contributed by atoms with Gasteiger partial charge in [0.2, 0.25) is 0 Å². The molecule has 0 spiro atoms. The number of ether oxygens (including phenoxy) is 1. The predicted molar refractivity (Wildman–Crippen MR) is 83.9 cm³/mol. The summed E-state index contributed by atoms with van der Waals surface area (Å²) >= 11 is 1.16. The molecular formula is C15H22N2O3S. The van der Waals surface area contributed by atoms with E-state index in [0.717, 1.165) is 42.6 Å². The summed E-state index contributed by atoms with van der Waals surface area (Å²) in [6.45, 7) is 3.80. The molecule has 0 aromatic carbocycles. The fraction of sp³-hybridized carbons (Fsp3) is 0.600. The van der Waals surface area contributed by atoms with Crippen molar-refractivity contribution in [2.75, 3.05) is 12.8 Å². The first-order valence-electron chi connectivity index (χ1n) is 7.27. The molecule has 1 saturated carbocycles. The number of carbonyl (C=O) groups is 2. The van der Waals surface area contributed by atoms with Gasteiger partial charge >= 0.3 is 5.97 Å². The molecule has 1 aromatic rings. The molecule has 1 aliphatic carbocycles. The quantitative estimate of drug-likeness (QED) is 0.838. The van der Waals surface area contributed by atoms with Gasteiger partial charge in [-0.05, 0) is 38.2 Å². The molecule has 1 aromatic heterocycles. The van der Waals surface area contributed by atoms with Gasteiger partial charge in [-0.3, -0.25) is 4.79 Å². The van der Waals surface area contributed by atoms with Gasteiger partial charge in [0.25, 0.3) is 5.91 Å². The Hall–Kier alpha value is -1.56. The molecule has 21 heavy (non-hydrogen) atoms. The minimum absolute atomic E-state index is 0.0230. The Kier molecular flexibility index (Phi) is 4.88. The van der Waals surface area contributed by atoms with Crippen LogP contribution in [0.15, 0.2) is 0 Å². The third-order valence-electron chi connectivity index (χ3n) is 3.75. The molecule has 1 fully saturated rings. The molecule has 1 amide bonds. The average molecular weight is 310 g/mol. The number of methoxy groups -OCH3 is 1. The number of amides is 1. The third-order valence-corrected chi connectivity index (χ3v) is 4.77. The van der Waals surface area contributed by atoms with Crippen molar-refractivity contribution in [3.05, 3.63) is 16.0 Å². The highest BCUT2D eigenvalue weighted by Crippen LogP contribution is 2.43. The molecule has 0 unspecified atom stereocenters. The van der Waals surface area contributed by atoms with E-state index in [0.29, 0.717) is 15.4 Å². The van der Waals surface area contributed by atoms with Crippen LogP contribution in [0, 0.1) is 0 Å². The standard InChI is InChI=1S/C15H22N2O3S/c1-8(2)17-14(18)11-10(9-6-4-5-7-9)12(15(19)20-3)21-13(11)16/h8-9H,4-7,16H2,1-3H3,(H,17,18). The highest BCUT2D eigenvalue weighted by Gasteiger charge is 2.32. The number of nitrogens with two attached hydrogens (primary N) is 1. The van der Waals surface area contributed by atoms with Crippen LogP contribution < -0.4 is 11.1 Å². The number of anilines is 1. The minimum atomic E-state index is -0.405. The molecule has 0 saturated heterocycles. The van der Waals surface area contributed by atoms with Crippen LogP contribution in [0.5, 0.6) is 0 Å². The number of hydrogen-bond acceptors (Lipinski definition) is 5. The van der Waals surface area contributed by atoms with E-state index < -0.39 is 5.97 Å². The average Bonchev–Trinajstić information content (AvgIpc) is 3.03. The largest absolute Gasteiger partial charge is 0.465 e. The Morgan fingerprint density at radius 3 is 2.48 bits per heavy atom. The van der Waals surface area contributed by atoms with Crippen molar-refractivity contribution in [3.63, 3.8) is 0 Å². The molecule has 6 heteroatoms. The first-order chi connectivity index (χ1) is 9.95. The topological polar surface area (TPSA) is 81.4 Å². The van der Waals surface area contributed by atoms with Crippen LogP contribution in [-0.4, -0.2) is 25.0 Å². The Labute approximate surface area is 128 Å². The van der Waals surface area contributed by atoms with Crippen LogP contribution >= 0.6 is 11.3 Å². The molecule has 1 heterocycles. The smallest absolute Gasteiger partial charge is 0.348 e. The Morgan fingerprint density at radius 2 is 1.95 bits per heavy atom. The molecule has 1 aliphatic rings. The maximum atomic E-state index is 12.4. The lowest BCUT2D eigenvalue weighted by Crippen LogP contribution is -2.31. The number of nitrogen functional groups attached to an aromatic ring is 1. The molecule has 3 N–H and O–H groups in total. The zero-order valence-corrected chi connectivity index (χ0v) is 13.5. The summed E-state index contributed by atoms with van der Waals surface area (Å²) in [6.07, 6.45) is 4.21. The summed E-state index contributed by atoms with van der Waals surface area (Å²) in [6, 6.07) is 0.0230. The monoisotopic (exact) mass is 310 g/mol. The first-order valence-corrected chi connectivity index (χ1v) is 8.08. The molecule has 0 bridgehead atoms. The summed E-state index contributed by atoms with van der Waals surface area (Å²) in [7, 11) is 1.35. The summed E-state index contributed by atoms with van der Waals surface area (Å²) in [5.41, 5.74) is 7.29. The second kappa shape index (κ2) is 6.47. The lowest BCUT2D eigenvalue weighted by atomic mass is 9.93. The van der Waals surface area contributed by atoms with Gasteiger partial charge in [-0.25, -0.2) is 4.79 Å². The fourth-order valence-corrected chi connectivity index (χ4v) is 3.95. The van der Waals surface area contributed by atoms with Gasteiger partial charge in [0.05, 0.1) is 17.7 Å². The van der Waals surface area contributed by atoms with E-state index in [4.69, 9.17) is 10.5 Å². The predicted octanol–water partition coefficient (Wildman–Crippen LogP) is 2.91. The summed E-state index contributed by atoms with van der Waals surface area (Å²) < 4.78 is 4.85. The number of thiophene rings is 1. The van der Waals surface area contributed by atoms with Gasteiger partial charge in [-0.15, -0.1) is 11.3 Å². The Morgan fingerprint density at radius 1 is 1.33 bits per heavy atom. The van der Waals surface area contributed by atoms with Crippen molar-refractivity contribution >= 4 is 28.2 Å². The Balaban J connectivity index is 2.49. The van der Waals surface area contributed by atoms with Gasteiger partial charge < -0.3 is 15.8 Å². The zero-order chi connectivity index (χ0) is 15.6. The molecule has 0 aliphatic heterocycles. The van der Waals surface area contributed by atoms with Crippen LogP contribution in [0.25, 0.3) is 0 Å². The van der Waals surface area contributed by atoms with Crippen LogP contribution in [0.4, 0.5) is 5.00 Å². The minimum Gasteiger partial charge on any atom is -0.465 e. The van der Waals surface area contributed by atoms with Crippen molar-refractivity contribution in [1.29, 1.82) is 0 Å². The van der Waals surface area contributed by atoms with E-state index >= 15 is 0 Å². The second-order valence-electron chi connectivity index (χ2n) is 5.69. The van der Waals surface area contributed by atoms with Crippen molar-refractivity contribution in [3.8, 4) is 0 Å². The highest BCUT2D eigenvalue weighted by molar-refractivity contribution is 7.18. The molecule has 116 valence electrons. The van der Waals surface area contributed by atoms with Crippen molar-refractivity contribution in [2.24, 2.45) is 0 Å². The van der Waals surface area contributed by atoms with Gasteiger partial charge in [0, 0.05) is 6.04 Å². The molecule has 2 rings (SSSR count). The van der Waals surface area contributed by atoms with Gasteiger partial charge in [-0.2, -0.15) is 0 Å². The number of esters is 1. The van der Waals surface area contributed by atoms with E-state index in [1.165, 1.54) is 7.11 Å². The van der Waals surface area contributed by atoms with Crippen LogP contribution in [0.2, 0.25) is 0 Å². The summed E-state index contributed by atoms with van der Waals surface area (Å²) in [5.74, 6) is -0.381. The number of carbonyl (C=O) groups excluding carboxylic acids is 2. The molecular weight excluding hydrogens is 288 g/mol. The van der Waals surface area contributed by atoms with E-state index in [1.807, 2.05) is 13.8 Å². The normalized spacial score (nSPS) is 15.4. The third kappa shape index (κ3) is 3.20. The summed E-state index contributed by atoms with van der Waals surface area (Å²) in [5, 5.41) is 3.27. The maximum Gasteiger partial charge on any atom is 0.348 e. The highest BCUT2D eigenvalue weighted by atomic mass is 32.1. The van der Waals surface area contributed by atoms with Gasteiger partial charge in [0.1, 0.15) is 4.88 Å².